The van der Waals surface area contributed by atoms with Crippen LogP contribution in [0.5, 0.6) is 0 Å². The summed E-state index contributed by atoms with van der Waals surface area (Å²) in [5.74, 6) is 0.380. The quantitative estimate of drug-likeness (QED) is 0.459. The van der Waals surface area contributed by atoms with Gasteiger partial charge in [0.1, 0.15) is 6.61 Å². The highest BCUT2D eigenvalue weighted by molar-refractivity contribution is 5.92. The minimum Gasteiger partial charge on any atom is -0.395 e. The maximum absolute atomic E-state index is 10.3. The van der Waals surface area contributed by atoms with E-state index in [1.807, 2.05) is 0 Å². The van der Waals surface area contributed by atoms with Gasteiger partial charge < -0.3 is 9.74 Å². The van der Waals surface area contributed by atoms with E-state index in [1.165, 1.54) is 0 Å². The van der Waals surface area contributed by atoms with Crippen LogP contribution in [0.1, 0.15) is 0 Å². The van der Waals surface area contributed by atoms with Crippen LogP contribution in [0.4, 0.5) is 0 Å². The van der Waals surface area contributed by atoms with Crippen molar-refractivity contribution >= 4 is 12.1 Å². The van der Waals surface area contributed by atoms with Crippen LogP contribution in [0.15, 0.2) is 5.16 Å². The Labute approximate surface area is 58.4 Å². The second-order valence-electron chi connectivity index (χ2n) is 2.61. The van der Waals surface area contributed by atoms with Crippen molar-refractivity contribution in [2.45, 2.75) is 0 Å². The Balaban J connectivity index is 2.11. The Morgan fingerprint density at radius 2 is 2.70 bits per heavy atom. The fourth-order valence-electron chi connectivity index (χ4n) is 1.33. The van der Waals surface area contributed by atoms with Crippen molar-refractivity contribution in [3.8, 4) is 0 Å². The molecule has 2 aliphatic rings. The summed E-state index contributed by atoms with van der Waals surface area (Å²) in [4.78, 5) is 16.8. The molecule has 1 saturated heterocycles. The Kier molecular flexibility index (Phi) is 1.12. The number of nitrogens with zero attached hydrogens (tertiary/aromatic N) is 2. The SMILES string of the molecule is O=CN1CC2=NOC[C@H]2C1. The number of carbonyl (C=O) groups is 1. The average Bonchev–Trinajstić information content (AvgIpc) is 2.42. The van der Waals surface area contributed by atoms with Gasteiger partial charge in [-0.15, -0.1) is 0 Å². The first kappa shape index (κ1) is 5.70. The summed E-state index contributed by atoms with van der Waals surface area (Å²) < 4.78 is 0. The fourth-order valence-corrected chi connectivity index (χ4v) is 1.33. The molecule has 0 N–H and O–H groups in total. The van der Waals surface area contributed by atoms with Gasteiger partial charge in [0.2, 0.25) is 6.41 Å². The predicted molar refractivity (Wildman–Crippen MR) is 34.5 cm³/mol. The van der Waals surface area contributed by atoms with E-state index in [0.717, 1.165) is 18.7 Å². The fraction of sp³-hybridized carbons (Fsp3) is 0.667. The molecule has 1 amide bonds. The number of rotatable bonds is 1. The third-order valence-corrected chi connectivity index (χ3v) is 1.90. The lowest BCUT2D eigenvalue weighted by Gasteiger charge is -2.06. The first-order valence-corrected chi connectivity index (χ1v) is 3.28. The van der Waals surface area contributed by atoms with Gasteiger partial charge in [0.05, 0.1) is 18.2 Å². The van der Waals surface area contributed by atoms with Crippen molar-refractivity contribution in [1.29, 1.82) is 0 Å². The largest absolute Gasteiger partial charge is 0.395 e. The second kappa shape index (κ2) is 1.97. The zero-order valence-corrected chi connectivity index (χ0v) is 5.49. The molecular formula is C6H8N2O2. The van der Waals surface area contributed by atoms with Crippen molar-refractivity contribution in [3.05, 3.63) is 0 Å². The van der Waals surface area contributed by atoms with Crippen LogP contribution < -0.4 is 0 Å². The molecule has 0 bridgehead atoms. The molecule has 4 heteroatoms. The molecule has 10 heavy (non-hydrogen) atoms. The van der Waals surface area contributed by atoms with E-state index in [2.05, 4.69) is 5.16 Å². The highest BCUT2D eigenvalue weighted by Crippen LogP contribution is 2.17. The molecule has 0 aromatic heterocycles. The number of hydrogen-bond acceptors (Lipinski definition) is 3. The number of oxime groups is 1. The van der Waals surface area contributed by atoms with Crippen LogP contribution in [-0.4, -0.2) is 36.7 Å². The normalized spacial score (nSPS) is 29.4. The predicted octanol–water partition coefficient (Wildman–Crippen LogP) is -0.539. The standard InChI is InChI=1S/C6H8N2O2/c9-4-8-1-5-3-10-7-6(5)2-8/h4-5H,1-3H2/t5-/m1/s1. The summed E-state index contributed by atoms with van der Waals surface area (Å²) in [6.45, 7) is 2.09. The number of amides is 1. The first-order valence-electron chi connectivity index (χ1n) is 3.28. The zero-order valence-electron chi connectivity index (χ0n) is 5.49. The molecule has 0 aromatic carbocycles. The minimum absolute atomic E-state index is 0.380. The zero-order chi connectivity index (χ0) is 6.97. The van der Waals surface area contributed by atoms with Gasteiger partial charge in [-0.25, -0.2) is 0 Å². The summed E-state index contributed by atoms with van der Waals surface area (Å²) in [5.41, 5.74) is 1.02. The molecule has 2 heterocycles. The monoisotopic (exact) mass is 140 g/mol. The molecule has 4 nitrogen and oxygen atoms in total. The highest BCUT2D eigenvalue weighted by Gasteiger charge is 2.32. The van der Waals surface area contributed by atoms with Gasteiger partial charge in [0.25, 0.3) is 0 Å². The van der Waals surface area contributed by atoms with Gasteiger partial charge in [-0.05, 0) is 0 Å². The first-order chi connectivity index (χ1) is 4.90. The van der Waals surface area contributed by atoms with Crippen LogP contribution in [0, 0.1) is 5.92 Å². The maximum Gasteiger partial charge on any atom is 0.210 e. The van der Waals surface area contributed by atoms with Crippen molar-refractivity contribution < 1.29 is 9.63 Å². The van der Waals surface area contributed by atoms with E-state index in [9.17, 15) is 4.79 Å². The van der Waals surface area contributed by atoms with E-state index in [0.29, 0.717) is 19.1 Å². The van der Waals surface area contributed by atoms with Crippen LogP contribution in [0.3, 0.4) is 0 Å². The number of likely N-dealkylation sites (tertiary alicyclic amines) is 1. The van der Waals surface area contributed by atoms with Gasteiger partial charge in [-0.3, -0.25) is 4.79 Å². The molecule has 2 rings (SSSR count). The van der Waals surface area contributed by atoms with Gasteiger partial charge >= 0.3 is 0 Å². The lowest BCUT2D eigenvalue weighted by Crippen LogP contribution is -2.19. The molecule has 1 fully saturated rings. The third kappa shape index (κ3) is 0.683. The van der Waals surface area contributed by atoms with Crippen LogP contribution in [0.25, 0.3) is 0 Å². The summed E-state index contributed by atoms with van der Waals surface area (Å²) in [7, 11) is 0. The minimum atomic E-state index is 0.380. The summed E-state index contributed by atoms with van der Waals surface area (Å²) in [6, 6.07) is 0. The third-order valence-electron chi connectivity index (χ3n) is 1.90. The second-order valence-corrected chi connectivity index (χ2v) is 2.61. The Hall–Kier alpha value is -1.06. The Morgan fingerprint density at radius 3 is 3.40 bits per heavy atom. The lowest BCUT2D eigenvalue weighted by molar-refractivity contribution is -0.117. The molecule has 0 saturated carbocycles. The molecule has 0 aliphatic carbocycles. The van der Waals surface area contributed by atoms with E-state index in [-0.39, 0.29) is 0 Å². The van der Waals surface area contributed by atoms with Gasteiger partial charge in [-0.2, -0.15) is 0 Å². The summed E-state index contributed by atoms with van der Waals surface area (Å²) in [6.07, 6.45) is 0.862. The average molecular weight is 140 g/mol. The van der Waals surface area contributed by atoms with Crippen LogP contribution >= 0.6 is 0 Å². The number of carbonyl (C=O) groups excluding carboxylic acids is 1. The van der Waals surface area contributed by atoms with Crippen LogP contribution in [-0.2, 0) is 9.63 Å². The van der Waals surface area contributed by atoms with E-state index >= 15 is 0 Å². The Bertz CT molecular complexity index is 190. The molecule has 54 valence electrons. The van der Waals surface area contributed by atoms with Gasteiger partial charge in [0.15, 0.2) is 0 Å². The Morgan fingerprint density at radius 1 is 1.80 bits per heavy atom. The molecule has 2 aliphatic heterocycles. The van der Waals surface area contributed by atoms with Crippen molar-refractivity contribution in [3.63, 3.8) is 0 Å². The number of hydrogen-bond donors (Lipinski definition) is 0. The highest BCUT2D eigenvalue weighted by atomic mass is 16.6. The van der Waals surface area contributed by atoms with E-state index in [1.54, 1.807) is 4.90 Å². The van der Waals surface area contributed by atoms with Gasteiger partial charge in [-0.1, -0.05) is 5.16 Å². The van der Waals surface area contributed by atoms with Gasteiger partial charge in [0, 0.05) is 6.54 Å². The number of fused-ring (bicyclic) bond motifs is 1. The molecule has 0 aromatic rings. The molecule has 0 unspecified atom stereocenters. The van der Waals surface area contributed by atoms with Crippen molar-refractivity contribution in [2.75, 3.05) is 19.7 Å². The summed E-state index contributed by atoms with van der Waals surface area (Å²) >= 11 is 0. The van der Waals surface area contributed by atoms with Crippen LogP contribution in [0.2, 0.25) is 0 Å². The van der Waals surface area contributed by atoms with E-state index < -0.39 is 0 Å². The van der Waals surface area contributed by atoms with E-state index in [4.69, 9.17) is 4.84 Å². The maximum atomic E-state index is 10.3. The van der Waals surface area contributed by atoms with Crippen molar-refractivity contribution in [1.82, 2.24) is 4.90 Å². The lowest BCUT2D eigenvalue weighted by atomic mass is 10.1. The topological polar surface area (TPSA) is 41.9 Å². The summed E-state index contributed by atoms with van der Waals surface area (Å²) in [5, 5.41) is 3.81. The smallest absolute Gasteiger partial charge is 0.210 e. The molecule has 0 radical (unpaired) electrons. The molecular weight excluding hydrogens is 132 g/mol. The molecule has 1 atom stereocenters. The molecule has 0 spiro atoms. The van der Waals surface area contributed by atoms with Crippen molar-refractivity contribution in [2.24, 2.45) is 11.1 Å².